The van der Waals surface area contributed by atoms with Crippen LogP contribution in [0.3, 0.4) is 0 Å². The van der Waals surface area contributed by atoms with E-state index in [1.165, 1.54) is 62.8 Å². The van der Waals surface area contributed by atoms with E-state index < -0.39 is 21.8 Å². The van der Waals surface area contributed by atoms with Gasteiger partial charge in [-0.2, -0.15) is 0 Å². The fourth-order valence-corrected chi connectivity index (χ4v) is 3.30. The zero-order valence-corrected chi connectivity index (χ0v) is 13.3. The first-order valence-corrected chi connectivity index (χ1v) is 8.00. The number of sulfone groups is 1. The molecule has 120 valence electrons. The van der Waals surface area contributed by atoms with Gasteiger partial charge in [0.25, 0.3) is 0 Å². The second-order valence-electron chi connectivity index (χ2n) is 4.54. The van der Waals surface area contributed by atoms with Gasteiger partial charge < -0.3 is 9.47 Å². The third kappa shape index (κ3) is 3.40. The number of carbonyl (C=O) groups is 2. The van der Waals surface area contributed by atoms with Gasteiger partial charge >= 0.3 is 11.9 Å². The summed E-state index contributed by atoms with van der Waals surface area (Å²) >= 11 is 0. The Morgan fingerprint density at radius 3 is 1.52 bits per heavy atom. The molecule has 0 radical (unpaired) electrons. The van der Waals surface area contributed by atoms with Crippen LogP contribution >= 0.6 is 0 Å². The number of carbonyl (C=O) groups excluding carboxylic acids is 2. The Morgan fingerprint density at radius 1 is 0.783 bits per heavy atom. The molecule has 0 spiro atoms. The Labute approximate surface area is 133 Å². The lowest BCUT2D eigenvalue weighted by Gasteiger charge is -2.07. The highest BCUT2D eigenvalue weighted by Gasteiger charge is 2.21. The highest BCUT2D eigenvalue weighted by atomic mass is 32.2. The van der Waals surface area contributed by atoms with Gasteiger partial charge in [-0.3, -0.25) is 0 Å². The number of esters is 2. The molecule has 0 aliphatic rings. The van der Waals surface area contributed by atoms with Gasteiger partial charge in [0.05, 0.1) is 35.1 Å². The van der Waals surface area contributed by atoms with Crippen LogP contribution in [0, 0.1) is 0 Å². The molecule has 6 nitrogen and oxygen atoms in total. The standard InChI is InChI=1S/C16H14O6S/c1-21-15(17)11-5-3-7-13(9-11)23(19,20)14-8-4-6-12(10-14)16(18)22-2/h3-10H,1-2H3. The smallest absolute Gasteiger partial charge is 0.337 e. The van der Waals surface area contributed by atoms with E-state index in [0.29, 0.717) is 0 Å². The molecule has 23 heavy (non-hydrogen) atoms. The summed E-state index contributed by atoms with van der Waals surface area (Å²) < 4.78 is 34.5. The van der Waals surface area contributed by atoms with Crippen LogP contribution in [-0.4, -0.2) is 34.6 Å². The van der Waals surface area contributed by atoms with Crippen LogP contribution in [0.5, 0.6) is 0 Å². The van der Waals surface area contributed by atoms with Gasteiger partial charge in [0.2, 0.25) is 9.84 Å². The van der Waals surface area contributed by atoms with Crippen molar-refractivity contribution in [3.63, 3.8) is 0 Å². The summed E-state index contributed by atoms with van der Waals surface area (Å²) in [6.07, 6.45) is 0. The molecule has 0 saturated heterocycles. The van der Waals surface area contributed by atoms with E-state index in [-0.39, 0.29) is 20.9 Å². The van der Waals surface area contributed by atoms with Crippen molar-refractivity contribution in [2.75, 3.05) is 14.2 Å². The molecule has 2 aromatic rings. The van der Waals surface area contributed by atoms with Crippen LogP contribution in [0.1, 0.15) is 20.7 Å². The number of methoxy groups -OCH3 is 2. The Bertz CT molecular complexity index is 789. The molecule has 0 amide bonds. The van der Waals surface area contributed by atoms with E-state index in [1.54, 1.807) is 0 Å². The average Bonchev–Trinajstić information content (AvgIpc) is 2.60. The predicted octanol–water partition coefficient (Wildman–Crippen LogP) is 2.09. The maximum Gasteiger partial charge on any atom is 0.337 e. The van der Waals surface area contributed by atoms with E-state index in [4.69, 9.17) is 0 Å². The summed E-state index contributed by atoms with van der Waals surface area (Å²) in [6, 6.07) is 11.0. The van der Waals surface area contributed by atoms with Gasteiger partial charge in [0, 0.05) is 0 Å². The predicted molar refractivity (Wildman–Crippen MR) is 81.0 cm³/mol. The molecular weight excluding hydrogens is 320 g/mol. The highest BCUT2D eigenvalue weighted by molar-refractivity contribution is 7.91. The van der Waals surface area contributed by atoms with Crippen molar-refractivity contribution in [3.8, 4) is 0 Å². The minimum Gasteiger partial charge on any atom is -0.465 e. The number of benzene rings is 2. The minimum absolute atomic E-state index is 0.0672. The summed E-state index contributed by atoms with van der Waals surface area (Å²) in [4.78, 5) is 22.9. The normalized spacial score (nSPS) is 10.9. The molecule has 0 unspecified atom stereocenters. The SMILES string of the molecule is COC(=O)c1cccc(S(=O)(=O)c2cccc(C(=O)OC)c2)c1. The van der Waals surface area contributed by atoms with Crippen molar-refractivity contribution in [2.24, 2.45) is 0 Å². The van der Waals surface area contributed by atoms with Gasteiger partial charge in [-0.1, -0.05) is 12.1 Å². The lowest BCUT2D eigenvalue weighted by Crippen LogP contribution is -2.08. The quantitative estimate of drug-likeness (QED) is 0.796. The van der Waals surface area contributed by atoms with E-state index in [9.17, 15) is 18.0 Å². The minimum atomic E-state index is -3.88. The van der Waals surface area contributed by atoms with E-state index in [1.807, 2.05) is 0 Å². The van der Waals surface area contributed by atoms with Gasteiger partial charge in [0.1, 0.15) is 0 Å². The molecule has 0 aliphatic carbocycles. The van der Waals surface area contributed by atoms with Crippen molar-refractivity contribution in [1.29, 1.82) is 0 Å². The van der Waals surface area contributed by atoms with E-state index >= 15 is 0 Å². The molecule has 0 heterocycles. The number of rotatable bonds is 4. The topological polar surface area (TPSA) is 86.7 Å². The third-order valence-electron chi connectivity index (χ3n) is 3.13. The van der Waals surface area contributed by atoms with Crippen molar-refractivity contribution < 1.29 is 27.5 Å². The summed E-state index contributed by atoms with van der Waals surface area (Å²) in [6.45, 7) is 0. The highest BCUT2D eigenvalue weighted by Crippen LogP contribution is 2.23. The molecular formula is C16H14O6S. The fourth-order valence-electron chi connectivity index (χ4n) is 1.95. The number of hydrogen-bond acceptors (Lipinski definition) is 6. The van der Waals surface area contributed by atoms with Crippen LogP contribution in [0.25, 0.3) is 0 Å². The lowest BCUT2D eigenvalue weighted by molar-refractivity contribution is 0.0591. The van der Waals surface area contributed by atoms with Crippen LogP contribution in [0.2, 0.25) is 0 Å². The van der Waals surface area contributed by atoms with Gasteiger partial charge in [-0.25, -0.2) is 18.0 Å². The fraction of sp³-hybridized carbons (Fsp3) is 0.125. The third-order valence-corrected chi connectivity index (χ3v) is 4.88. The van der Waals surface area contributed by atoms with Crippen molar-refractivity contribution >= 4 is 21.8 Å². The van der Waals surface area contributed by atoms with E-state index in [2.05, 4.69) is 9.47 Å². The van der Waals surface area contributed by atoms with Gasteiger partial charge in [-0.15, -0.1) is 0 Å². The first-order valence-electron chi connectivity index (χ1n) is 6.52. The van der Waals surface area contributed by atoms with Gasteiger partial charge in [-0.05, 0) is 36.4 Å². The first-order chi connectivity index (χ1) is 10.9. The molecule has 0 saturated carbocycles. The van der Waals surface area contributed by atoms with Crippen molar-refractivity contribution in [3.05, 3.63) is 59.7 Å². The largest absolute Gasteiger partial charge is 0.465 e. The Morgan fingerprint density at radius 2 is 1.17 bits per heavy atom. The van der Waals surface area contributed by atoms with Crippen LogP contribution in [0.15, 0.2) is 58.3 Å². The summed E-state index contributed by atoms with van der Waals surface area (Å²) in [5, 5.41) is 0. The van der Waals surface area contributed by atoms with Gasteiger partial charge in [0.15, 0.2) is 0 Å². The average molecular weight is 334 g/mol. The maximum atomic E-state index is 12.7. The van der Waals surface area contributed by atoms with Crippen LogP contribution in [0.4, 0.5) is 0 Å². The second-order valence-corrected chi connectivity index (χ2v) is 6.49. The zero-order chi connectivity index (χ0) is 17.0. The zero-order valence-electron chi connectivity index (χ0n) is 12.5. The second kappa shape index (κ2) is 6.62. The monoisotopic (exact) mass is 334 g/mol. The number of ether oxygens (including phenoxy) is 2. The summed E-state index contributed by atoms with van der Waals surface area (Å²) in [5.74, 6) is -1.27. The molecule has 0 bridgehead atoms. The maximum absolute atomic E-state index is 12.7. The molecule has 2 aromatic carbocycles. The lowest BCUT2D eigenvalue weighted by atomic mass is 10.2. The number of hydrogen-bond donors (Lipinski definition) is 0. The Hall–Kier alpha value is -2.67. The molecule has 0 N–H and O–H groups in total. The van der Waals surface area contributed by atoms with E-state index in [0.717, 1.165) is 0 Å². The molecule has 0 aromatic heterocycles. The van der Waals surface area contributed by atoms with Crippen LogP contribution in [-0.2, 0) is 19.3 Å². The molecule has 2 rings (SSSR count). The first kappa shape index (κ1) is 16.7. The molecule has 0 atom stereocenters. The Kier molecular flexibility index (Phi) is 4.80. The molecule has 0 fully saturated rings. The van der Waals surface area contributed by atoms with Crippen molar-refractivity contribution in [1.82, 2.24) is 0 Å². The van der Waals surface area contributed by atoms with Crippen molar-refractivity contribution in [2.45, 2.75) is 9.79 Å². The summed E-state index contributed by atoms with van der Waals surface area (Å²) in [5.41, 5.74) is 0.246. The molecule has 0 aliphatic heterocycles. The Balaban J connectivity index is 2.51. The van der Waals surface area contributed by atoms with Crippen LogP contribution < -0.4 is 0 Å². The summed E-state index contributed by atoms with van der Waals surface area (Å²) in [7, 11) is -1.46. The molecule has 7 heteroatoms.